The number of carbonyl (C=O) groups excluding carboxylic acids is 1. The molecule has 0 aliphatic rings. The van der Waals surface area contributed by atoms with Crippen molar-refractivity contribution < 1.29 is 9.53 Å². The second-order valence-corrected chi connectivity index (χ2v) is 5.08. The van der Waals surface area contributed by atoms with Gasteiger partial charge in [-0.15, -0.1) is 0 Å². The molecule has 0 aromatic heterocycles. The first-order valence-electron chi connectivity index (χ1n) is 6.83. The lowest BCUT2D eigenvalue weighted by atomic mass is 9.99. The summed E-state index contributed by atoms with van der Waals surface area (Å²) in [5.74, 6) is 0.792. The normalized spacial score (nSPS) is 10.9. The van der Waals surface area contributed by atoms with Gasteiger partial charge in [0.15, 0.2) is 5.78 Å². The maximum atomic E-state index is 12.0. The van der Waals surface area contributed by atoms with Gasteiger partial charge in [0.05, 0.1) is 6.61 Å². The van der Waals surface area contributed by atoms with E-state index in [2.05, 4.69) is 26.8 Å². The summed E-state index contributed by atoms with van der Waals surface area (Å²) >= 11 is 0. The second-order valence-electron chi connectivity index (χ2n) is 5.08. The summed E-state index contributed by atoms with van der Waals surface area (Å²) in [6.45, 7) is 7.71. The minimum atomic E-state index is 0.178. The van der Waals surface area contributed by atoms with Crippen LogP contribution in [0.5, 0.6) is 0 Å². The maximum Gasteiger partial charge on any atom is 0.165 e. The molecule has 1 rings (SSSR count). The first-order chi connectivity index (χ1) is 8.63. The molecule has 0 bridgehead atoms. The van der Waals surface area contributed by atoms with Crippen molar-refractivity contribution in [2.24, 2.45) is 5.92 Å². The number of hydrogen-bond donors (Lipinski definition) is 0. The Bertz CT molecular complexity index is 369. The highest BCUT2D eigenvalue weighted by molar-refractivity contribution is 5.96. The SMILES string of the molecule is CCCOCCC(=O)c1cccc(CC(C)C)c1. The first-order valence-corrected chi connectivity index (χ1v) is 6.83. The van der Waals surface area contributed by atoms with Gasteiger partial charge in [0, 0.05) is 18.6 Å². The fourth-order valence-corrected chi connectivity index (χ4v) is 1.90. The molecule has 1 aromatic rings. The quantitative estimate of drug-likeness (QED) is 0.515. The van der Waals surface area contributed by atoms with Gasteiger partial charge in [-0.2, -0.15) is 0 Å². The smallest absolute Gasteiger partial charge is 0.165 e. The number of carbonyl (C=O) groups is 1. The summed E-state index contributed by atoms with van der Waals surface area (Å²) in [4.78, 5) is 12.0. The topological polar surface area (TPSA) is 26.3 Å². The minimum Gasteiger partial charge on any atom is -0.381 e. The van der Waals surface area contributed by atoms with Crippen molar-refractivity contribution in [3.05, 3.63) is 35.4 Å². The van der Waals surface area contributed by atoms with Crippen LogP contribution in [0.3, 0.4) is 0 Å². The highest BCUT2D eigenvalue weighted by Crippen LogP contribution is 2.12. The van der Waals surface area contributed by atoms with Crippen molar-refractivity contribution in [1.29, 1.82) is 0 Å². The molecule has 0 saturated carbocycles. The van der Waals surface area contributed by atoms with Crippen LogP contribution in [0.1, 0.15) is 49.5 Å². The van der Waals surface area contributed by atoms with E-state index < -0.39 is 0 Å². The van der Waals surface area contributed by atoms with Crippen LogP contribution >= 0.6 is 0 Å². The van der Waals surface area contributed by atoms with Gasteiger partial charge in [-0.1, -0.05) is 39.0 Å². The average Bonchev–Trinajstić information content (AvgIpc) is 2.34. The van der Waals surface area contributed by atoms with Crippen LogP contribution < -0.4 is 0 Å². The van der Waals surface area contributed by atoms with Gasteiger partial charge < -0.3 is 4.74 Å². The van der Waals surface area contributed by atoms with Gasteiger partial charge in [0.1, 0.15) is 0 Å². The predicted octanol–water partition coefficient (Wildman–Crippen LogP) is 3.88. The van der Waals surface area contributed by atoms with Crippen LogP contribution in [-0.4, -0.2) is 19.0 Å². The predicted molar refractivity (Wildman–Crippen MR) is 75.0 cm³/mol. The Labute approximate surface area is 110 Å². The van der Waals surface area contributed by atoms with E-state index in [1.165, 1.54) is 5.56 Å². The van der Waals surface area contributed by atoms with Gasteiger partial charge in [0.2, 0.25) is 0 Å². The van der Waals surface area contributed by atoms with Crippen molar-refractivity contribution in [3.8, 4) is 0 Å². The molecule has 2 nitrogen and oxygen atoms in total. The van der Waals surface area contributed by atoms with Crippen LogP contribution in [-0.2, 0) is 11.2 Å². The van der Waals surface area contributed by atoms with Crippen molar-refractivity contribution in [2.75, 3.05) is 13.2 Å². The molecule has 0 aliphatic heterocycles. The molecular weight excluding hydrogens is 224 g/mol. The van der Waals surface area contributed by atoms with E-state index in [4.69, 9.17) is 4.74 Å². The fraction of sp³-hybridized carbons (Fsp3) is 0.562. The lowest BCUT2D eigenvalue weighted by Gasteiger charge is -2.07. The van der Waals surface area contributed by atoms with Crippen LogP contribution in [0.15, 0.2) is 24.3 Å². The number of ether oxygens (including phenoxy) is 1. The molecule has 0 saturated heterocycles. The lowest BCUT2D eigenvalue weighted by molar-refractivity contribution is 0.0878. The molecular formula is C16H24O2. The molecule has 0 spiro atoms. The Morgan fingerprint density at radius 2 is 2.06 bits per heavy atom. The van der Waals surface area contributed by atoms with Crippen LogP contribution in [0.4, 0.5) is 0 Å². The van der Waals surface area contributed by atoms with Crippen molar-refractivity contribution in [3.63, 3.8) is 0 Å². The zero-order valence-corrected chi connectivity index (χ0v) is 11.7. The van der Waals surface area contributed by atoms with E-state index in [-0.39, 0.29) is 5.78 Å². The fourth-order valence-electron chi connectivity index (χ4n) is 1.90. The zero-order valence-electron chi connectivity index (χ0n) is 11.7. The number of benzene rings is 1. The Morgan fingerprint density at radius 3 is 2.72 bits per heavy atom. The van der Waals surface area contributed by atoms with Gasteiger partial charge in [-0.25, -0.2) is 0 Å². The van der Waals surface area contributed by atoms with Gasteiger partial charge >= 0.3 is 0 Å². The molecule has 18 heavy (non-hydrogen) atoms. The number of rotatable bonds is 8. The molecule has 0 fully saturated rings. The molecule has 0 heterocycles. The Balaban J connectivity index is 2.51. The lowest BCUT2D eigenvalue weighted by Crippen LogP contribution is -2.06. The number of hydrogen-bond acceptors (Lipinski definition) is 2. The summed E-state index contributed by atoms with van der Waals surface area (Å²) in [6, 6.07) is 7.97. The van der Waals surface area contributed by atoms with Gasteiger partial charge in [-0.05, 0) is 30.4 Å². The highest BCUT2D eigenvalue weighted by Gasteiger charge is 2.07. The third kappa shape index (κ3) is 5.46. The molecule has 0 N–H and O–H groups in total. The van der Waals surface area contributed by atoms with Gasteiger partial charge in [-0.3, -0.25) is 4.79 Å². The Morgan fingerprint density at radius 1 is 1.28 bits per heavy atom. The first kappa shape index (κ1) is 14.9. The molecule has 0 radical (unpaired) electrons. The maximum absolute atomic E-state index is 12.0. The van der Waals surface area contributed by atoms with Crippen molar-refractivity contribution >= 4 is 5.78 Å². The van der Waals surface area contributed by atoms with Crippen LogP contribution in [0.2, 0.25) is 0 Å². The summed E-state index contributed by atoms with van der Waals surface area (Å²) < 4.78 is 5.35. The number of Topliss-reactive ketones (excluding diaryl/α,β-unsaturated/α-hetero) is 1. The molecule has 100 valence electrons. The molecule has 0 amide bonds. The third-order valence-corrected chi connectivity index (χ3v) is 2.71. The monoisotopic (exact) mass is 248 g/mol. The molecule has 1 aromatic carbocycles. The molecule has 0 atom stereocenters. The zero-order chi connectivity index (χ0) is 13.4. The molecule has 0 aliphatic carbocycles. The van der Waals surface area contributed by atoms with Crippen molar-refractivity contribution in [1.82, 2.24) is 0 Å². The minimum absolute atomic E-state index is 0.178. The van der Waals surface area contributed by atoms with E-state index in [9.17, 15) is 4.79 Å². The standard InChI is InChI=1S/C16H24O2/c1-4-9-18-10-8-16(17)15-7-5-6-14(12-15)11-13(2)3/h5-7,12-13H,4,8-11H2,1-3H3. The number of ketones is 1. The van der Waals surface area contributed by atoms with Crippen LogP contribution in [0.25, 0.3) is 0 Å². The van der Waals surface area contributed by atoms with E-state index in [1.54, 1.807) is 0 Å². The van der Waals surface area contributed by atoms with E-state index in [1.807, 2.05) is 18.2 Å². The summed E-state index contributed by atoms with van der Waals surface area (Å²) in [6.07, 6.45) is 2.50. The Kier molecular flexibility index (Phi) is 6.66. The summed E-state index contributed by atoms with van der Waals surface area (Å²) in [5.41, 5.74) is 2.05. The highest BCUT2D eigenvalue weighted by atomic mass is 16.5. The third-order valence-electron chi connectivity index (χ3n) is 2.71. The second kappa shape index (κ2) is 8.04. The van der Waals surface area contributed by atoms with Crippen LogP contribution in [0, 0.1) is 5.92 Å². The molecule has 0 unspecified atom stereocenters. The summed E-state index contributed by atoms with van der Waals surface area (Å²) in [7, 11) is 0. The summed E-state index contributed by atoms with van der Waals surface area (Å²) in [5, 5.41) is 0. The Hall–Kier alpha value is -1.15. The van der Waals surface area contributed by atoms with E-state index >= 15 is 0 Å². The van der Waals surface area contributed by atoms with Crippen molar-refractivity contribution in [2.45, 2.75) is 40.0 Å². The molecule has 2 heteroatoms. The van der Waals surface area contributed by atoms with E-state index in [0.717, 1.165) is 25.0 Å². The largest absolute Gasteiger partial charge is 0.381 e. The van der Waals surface area contributed by atoms with Gasteiger partial charge in [0.25, 0.3) is 0 Å². The van der Waals surface area contributed by atoms with E-state index in [0.29, 0.717) is 18.9 Å². The average molecular weight is 248 g/mol.